The second-order valence-corrected chi connectivity index (χ2v) is 15.1. The lowest BCUT2D eigenvalue weighted by Gasteiger charge is -2.07. The molecule has 9 heteroatoms. The highest BCUT2D eigenvalue weighted by atomic mass is 79.9. The first-order valence-corrected chi connectivity index (χ1v) is 22.2. The van der Waals surface area contributed by atoms with Crippen molar-refractivity contribution in [1.82, 2.24) is 0 Å². The maximum atomic E-state index is 12.3. The van der Waals surface area contributed by atoms with E-state index in [-0.39, 0.29) is 34.1 Å². The van der Waals surface area contributed by atoms with Crippen LogP contribution in [0.5, 0.6) is 23.0 Å². The molecule has 8 aromatic rings. The smallest absolute Gasteiger partial charge is 0.259 e. The molecule has 0 heterocycles. The lowest BCUT2D eigenvalue weighted by atomic mass is 10.1. The van der Waals surface area contributed by atoms with Gasteiger partial charge in [0.25, 0.3) is 11.8 Å². The maximum Gasteiger partial charge on any atom is 0.259 e. The van der Waals surface area contributed by atoms with Gasteiger partial charge in [0.2, 0.25) is 0 Å². The molecule has 6 N–H and O–H groups in total. The number of amides is 2. The van der Waals surface area contributed by atoms with Crippen molar-refractivity contribution >= 4 is 39.1 Å². The third kappa shape index (κ3) is 16.8. The van der Waals surface area contributed by atoms with Crippen LogP contribution in [-0.4, -0.2) is 32.2 Å². The number of rotatable bonds is 4. The van der Waals surface area contributed by atoms with Crippen molar-refractivity contribution in [3.05, 3.63) is 249 Å². The first-order chi connectivity index (χ1) is 33.5. The van der Waals surface area contributed by atoms with E-state index in [2.05, 4.69) is 68.0 Å². The molecular weight excluding hydrogens is 925 g/mol. The van der Waals surface area contributed by atoms with E-state index in [9.17, 15) is 30.0 Å². The predicted molar refractivity (Wildman–Crippen MR) is 279 cm³/mol. The number of anilines is 2. The van der Waals surface area contributed by atoms with Gasteiger partial charge in [0.15, 0.2) is 0 Å². The van der Waals surface area contributed by atoms with Crippen LogP contribution in [0.2, 0.25) is 0 Å². The lowest BCUT2D eigenvalue weighted by Crippen LogP contribution is -2.11. The average Bonchev–Trinajstić information content (AvgIpc) is 3.39. The summed E-state index contributed by atoms with van der Waals surface area (Å²) in [6, 6.07) is 56.8. The Morgan fingerprint density at radius 2 is 0.696 bits per heavy atom. The number of halogens is 1. The van der Waals surface area contributed by atoms with Gasteiger partial charge in [-0.05, 0) is 158 Å². The van der Waals surface area contributed by atoms with E-state index in [0.717, 1.165) is 43.4 Å². The molecule has 0 aliphatic heterocycles. The summed E-state index contributed by atoms with van der Waals surface area (Å²) in [6.45, 7) is 4.00. The number of carbonyl (C=O) groups excluding carboxylic acids is 2. The predicted octanol–water partition coefficient (Wildman–Crippen LogP) is 12.4. The second-order valence-electron chi connectivity index (χ2n) is 14.2. The Bertz CT molecular complexity index is 3210. The molecule has 0 aliphatic carbocycles. The minimum absolute atomic E-state index is 0.00391. The van der Waals surface area contributed by atoms with E-state index in [0.29, 0.717) is 11.4 Å². The zero-order valence-electron chi connectivity index (χ0n) is 37.5. The quantitative estimate of drug-likeness (QED) is 0.0767. The van der Waals surface area contributed by atoms with Gasteiger partial charge in [-0.3, -0.25) is 9.59 Å². The van der Waals surface area contributed by atoms with Crippen LogP contribution in [0.3, 0.4) is 0 Å². The number of terminal acetylenes is 1. The Hall–Kier alpha value is -9.38. The minimum atomic E-state index is -0.516. The van der Waals surface area contributed by atoms with Crippen LogP contribution in [0.1, 0.15) is 73.5 Å². The minimum Gasteiger partial charge on any atom is -0.508 e. The van der Waals surface area contributed by atoms with Crippen LogP contribution >= 0.6 is 15.9 Å². The largest absolute Gasteiger partial charge is 0.508 e. The summed E-state index contributed by atoms with van der Waals surface area (Å²) in [5.41, 5.74) is 7.60. The summed E-state index contributed by atoms with van der Waals surface area (Å²) in [7, 11) is 0. The molecule has 0 saturated heterocycles. The molecular formula is C60H45BrN2O6. The molecule has 0 aromatic heterocycles. The van der Waals surface area contributed by atoms with Crippen molar-refractivity contribution < 1.29 is 30.0 Å². The number of carbonyl (C=O) groups is 2. The number of aromatic hydroxyl groups is 4. The van der Waals surface area contributed by atoms with Crippen molar-refractivity contribution in [3.8, 4) is 70.9 Å². The van der Waals surface area contributed by atoms with Crippen LogP contribution in [0.25, 0.3) is 0 Å². The Morgan fingerprint density at radius 3 is 1.03 bits per heavy atom. The van der Waals surface area contributed by atoms with Gasteiger partial charge in [-0.25, -0.2) is 0 Å². The lowest BCUT2D eigenvalue weighted by molar-refractivity contribution is 0.101. The third-order valence-electron chi connectivity index (χ3n) is 9.23. The molecule has 8 aromatic carbocycles. The van der Waals surface area contributed by atoms with Crippen molar-refractivity contribution in [2.45, 2.75) is 13.8 Å². The average molecular weight is 970 g/mol. The highest BCUT2D eigenvalue weighted by molar-refractivity contribution is 9.10. The SMILES string of the molecule is C#Cc1ccc(C#Cc2ccccc2)cc1.CC.O=C(Nc1ccc(Br)cc1)c1cc(O)ccc1O.O=C(Nc1ccc(C#Cc2ccc(C#Cc3ccccc3)cc2)cc1)c1cc(O)ccc1O. The van der Waals surface area contributed by atoms with E-state index in [1.807, 2.05) is 123 Å². The first kappa shape index (κ1) is 50.6. The molecule has 0 radical (unpaired) electrons. The number of hydrogen-bond donors (Lipinski definition) is 6. The molecule has 2 amide bonds. The van der Waals surface area contributed by atoms with Gasteiger partial charge in [0.1, 0.15) is 23.0 Å². The molecule has 0 atom stereocenters. The van der Waals surface area contributed by atoms with E-state index in [1.165, 1.54) is 36.4 Å². The number of phenols is 4. The highest BCUT2D eigenvalue weighted by Crippen LogP contribution is 2.25. The summed E-state index contributed by atoms with van der Waals surface area (Å²) < 4.78 is 0.903. The normalized spacial score (nSPS) is 9.36. The third-order valence-corrected chi connectivity index (χ3v) is 9.76. The number of phenolic OH excluding ortho intramolecular Hbond substituents is 4. The summed E-state index contributed by atoms with van der Waals surface area (Å²) in [6.07, 6.45) is 5.28. The van der Waals surface area contributed by atoms with Crippen LogP contribution in [-0.2, 0) is 0 Å². The van der Waals surface area contributed by atoms with E-state index in [1.54, 1.807) is 48.5 Å². The Kier molecular flexibility index (Phi) is 19.5. The highest BCUT2D eigenvalue weighted by Gasteiger charge is 2.13. The van der Waals surface area contributed by atoms with Crippen molar-refractivity contribution in [2.75, 3.05) is 10.6 Å². The molecule has 8 nitrogen and oxygen atoms in total. The van der Waals surface area contributed by atoms with Gasteiger partial charge < -0.3 is 31.1 Å². The second kappa shape index (κ2) is 26.5. The summed E-state index contributed by atoms with van der Waals surface area (Å²) in [5, 5.41) is 43.5. The summed E-state index contributed by atoms with van der Waals surface area (Å²) in [4.78, 5) is 24.2. The summed E-state index contributed by atoms with van der Waals surface area (Å²) >= 11 is 3.29. The Morgan fingerprint density at radius 1 is 0.406 bits per heavy atom. The molecule has 0 aliphatic rings. The van der Waals surface area contributed by atoms with E-state index >= 15 is 0 Å². The topological polar surface area (TPSA) is 139 Å². The number of nitrogens with one attached hydrogen (secondary N) is 2. The Labute approximate surface area is 411 Å². The fourth-order valence-electron chi connectivity index (χ4n) is 5.74. The molecule has 69 heavy (non-hydrogen) atoms. The molecule has 0 bridgehead atoms. The number of benzene rings is 8. The van der Waals surface area contributed by atoms with Gasteiger partial charge in [0.05, 0.1) is 11.1 Å². The van der Waals surface area contributed by atoms with Crippen LogP contribution < -0.4 is 10.6 Å². The fraction of sp³-hybridized carbons (Fsp3) is 0.0333. The van der Waals surface area contributed by atoms with Crippen LogP contribution in [0.4, 0.5) is 11.4 Å². The van der Waals surface area contributed by atoms with E-state index < -0.39 is 11.8 Å². The van der Waals surface area contributed by atoms with Gasteiger partial charge in [-0.15, -0.1) is 6.42 Å². The van der Waals surface area contributed by atoms with Crippen molar-refractivity contribution in [1.29, 1.82) is 0 Å². The first-order valence-electron chi connectivity index (χ1n) is 21.4. The maximum absolute atomic E-state index is 12.3. The van der Waals surface area contributed by atoms with Crippen LogP contribution in [0.15, 0.2) is 199 Å². The Balaban J connectivity index is 0.000000208. The van der Waals surface area contributed by atoms with E-state index in [4.69, 9.17) is 6.42 Å². The fourth-order valence-corrected chi connectivity index (χ4v) is 6.01. The standard InChI is InChI=1S/C29H19NO3.C16H10.C13H10BrNO3.C2H6/c31-26-18-19-28(32)27(20-26)29(33)30-25-16-14-24(15-17-25)13-12-23-10-8-22(9-11-23)7-6-21-4-2-1-3-5-21;1-2-14-8-10-16(11-9-14)13-12-15-6-4-3-5-7-15;14-8-1-3-9(4-2-8)15-13(18)11-7-10(16)5-6-12(11)17;1-2/h1-5,8-11,14-20,31-32H,(H,30,33);1,3-11H;1-7,16-17H,(H,15,18);1-2H3. The van der Waals surface area contributed by atoms with Gasteiger partial charge in [-0.1, -0.05) is 108 Å². The van der Waals surface area contributed by atoms with Gasteiger partial charge in [-0.2, -0.15) is 0 Å². The zero-order chi connectivity index (χ0) is 49.4. The molecule has 0 fully saturated rings. The summed E-state index contributed by atoms with van der Waals surface area (Å²) in [5.74, 6) is 19.7. The molecule has 8 rings (SSSR count). The molecule has 338 valence electrons. The van der Waals surface area contributed by atoms with Gasteiger partial charge >= 0.3 is 0 Å². The monoisotopic (exact) mass is 968 g/mol. The zero-order valence-corrected chi connectivity index (χ0v) is 39.1. The molecule has 0 spiro atoms. The van der Waals surface area contributed by atoms with Crippen LogP contribution in [0, 0.1) is 47.9 Å². The molecule has 0 saturated carbocycles. The van der Waals surface area contributed by atoms with Crippen molar-refractivity contribution in [2.24, 2.45) is 0 Å². The molecule has 0 unspecified atom stereocenters. The van der Waals surface area contributed by atoms with Crippen molar-refractivity contribution in [3.63, 3.8) is 0 Å². The number of hydrogen-bond acceptors (Lipinski definition) is 6. The van der Waals surface area contributed by atoms with Gasteiger partial charge in [0, 0.05) is 54.8 Å².